The SMILES string of the molecule is CCOC(C)(C)CNc1ccnc(C(N)=O)c1. The second-order valence-electron chi connectivity index (χ2n) is 4.34. The van der Waals surface area contributed by atoms with Crippen LogP contribution in [0.1, 0.15) is 31.3 Å². The van der Waals surface area contributed by atoms with Crippen LogP contribution < -0.4 is 11.1 Å². The van der Waals surface area contributed by atoms with Crippen LogP contribution in [-0.4, -0.2) is 29.6 Å². The summed E-state index contributed by atoms with van der Waals surface area (Å²) in [5.74, 6) is -0.530. The molecule has 1 amide bonds. The highest BCUT2D eigenvalue weighted by Crippen LogP contribution is 2.13. The van der Waals surface area contributed by atoms with Crippen LogP contribution in [0.4, 0.5) is 5.69 Å². The Balaban J connectivity index is 2.63. The van der Waals surface area contributed by atoms with Crippen LogP contribution >= 0.6 is 0 Å². The highest BCUT2D eigenvalue weighted by atomic mass is 16.5. The maximum atomic E-state index is 11.0. The summed E-state index contributed by atoms with van der Waals surface area (Å²) in [6.45, 7) is 7.26. The molecule has 94 valence electrons. The first-order valence-corrected chi connectivity index (χ1v) is 5.58. The molecule has 0 bridgehead atoms. The molecule has 5 nitrogen and oxygen atoms in total. The van der Waals surface area contributed by atoms with Gasteiger partial charge in [0.25, 0.3) is 5.91 Å². The number of carbonyl (C=O) groups is 1. The third-order valence-electron chi connectivity index (χ3n) is 2.27. The minimum atomic E-state index is -0.530. The lowest BCUT2D eigenvalue weighted by atomic mass is 10.1. The molecular weight excluding hydrogens is 218 g/mol. The van der Waals surface area contributed by atoms with Gasteiger partial charge in [-0.05, 0) is 32.9 Å². The molecule has 0 aromatic carbocycles. The van der Waals surface area contributed by atoms with Crippen molar-refractivity contribution in [2.75, 3.05) is 18.5 Å². The first-order chi connectivity index (χ1) is 7.94. The number of carbonyl (C=O) groups excluding carboxylic acids is 1. The summed E-state index contributed by atoms with van der Waals surface area (Å²) in [7, 11) is 0. The molecule has 0 aliphatic carbocycles. The molecule has 0 fully saturated rings. The molecule has 0 saturated carbocycles. The van der Waals surface area contributed by atoms with Crippen molar-refractivity contribution >= 4 is 11.6 Å². The molecule has 0 saturated heterocycles. The number of anilines is 1. The number of aromatic nitrogens is 1. The van der Waals surface area contributed by atoms with Crippen molar-refractivity contribution in [1.82, 2.24) is 4.98 Å². The predicted molar refractivity (Wildman–Crippen MR) is 66.9 cm³/mol. The average molecular weight is 237 g/mol. The summed E-state index contributed by atoms with van der Waals surface area (Å²) in [4.78, 5) is 14.8. The van der Waals surface area contributed by atoms with Crippen molar-refractivity contribution < 1.29 is 9.53 Å². The van der Waals surface area contributed by atoms with Crippen molar-refractivity contribution in [3.05, 3.63) is 24.0 Å². The Hall–Kier alpha value is -1.62. The van der Waals surface area contributed by atoms with Gasteiger partial charge in [0.15, 0.2) is 0 Å². The first-order valence-electron chi connectivity index (χ1n) is 5.58. The Labute approximate surface area is 101 Å². The Bertz CT molecular complexity index is 391. The molecule has 0 radical (unpaired) electrons. The number of nitrogens with zero attached hydrogens (tertiary/aromatic N) is 1. The van der Waals surface area contributed by atoms with Gasteiger partial charge < -0.3 is 15.8 Å². The van der Waals surface area contributed by atoms with Crippen LogP contribution in [0.5, 0.6) is 0 Å². The lowest BCUT2D eigenvalue weighted by Crippen LogP contribution is -2.33. The van der Waals surface area contributed by atoms with E-state index >= 15 is 0 Å². The molecule has 1 heterocycles. The van der Waals surface area contributed by atoms with Crippen molar-refractivity contribution in [2.24, 2.45) is 5.73 Å². The molecule has 17 heavy (non-hydrogen) atoms. The number of ether oxygens (including phenoxy) is 1. The van der Waals surface area contributed by atoms with Crippen molar-refractivity contribution in [3.63, 3.8) is 0 Å². The maximum absolute atomic E-state index is 11.0. The van der Waals surface area contributed by atoms with E-state index in [-0.39, 0.29) is 11.3 Å². The van der Waals surface area contributed by atoms with Crippen LogP contribution in [0.15, 0.2) is 18.3 Å². The lowest BCUT2D eigenvalue weighted by Gasteiger charge is -2.25. The number of hydrogen-bond donors (Lipinski definition) is 2. The lowest BCUT2D eigenvalue weighted by molar-refractivity contribution is 0.000696. The van der Waals surface area contributed by atoms with Gasteiger partial charge in [-0.15, -0.1) is 0 Å². The van der Waals surface area contributed by atoms with Gasteiger partial charge in [0.2, 0.25) is 0 Å². The van der Waals surface area contributed by atoms with Crippen molar-refractivity contribution in [1.29, 1.82) is 0 Å². The Morgan fingerprint density at radius 1 is 1.59 bits per heavy atom. The van der Waals surface area contributed by atoms with Crippen LogP contribution in [0, 0.1) is 0 Å². The molecule has 3 N–H and O–H groups in total. The van der Waals surface area contributed by atoms with E-state index in [0.717, 1.165) is 5.69 Å². The average Bonchev–Trinajstić information content (AvgIpc) is 2.27. The summed E-state index contributed by atoms with van der Waals surface area (Å²) in [6, 6.07) is 3.42. The van der Waals surface area contributed by atoms with Crippen molar-refractivity contribution in [2.45, 2.75) is 26.4 Å². The van der Waals surface area contributed by atoms with E-state index in [4.69, 9.17) is 10.5 Å². The van der Waals surface area contributed by atoms with E-state index < -0.39 is 5.91 Å². The highest BCUT2D eigenvalue weighted by Gasteiger charge is 2.17. The van der Waals surface area contributed by atoms with Crippen molar-refractivity contribution in [3.8, 4) is 0 Å². The largest absolute Gasteiger partial charge is 0.382 e. The second-order valence-corrected chi connectivity index (χ2v) is 4.34. The van der Waals surface area contributed by atoms with E-state index in [2.05, 4.69) is 10.3 Å². The van der Waals surface area contributed by atoms with Gasteiger partial charge in [-0.25, -0.2) is 0 Å². The standard InChI is InChI=1S/C12H19N3O2/c1-4-17-12(2,3)8-15-9-5-6-14-10(7-9)11(13)16/h5-7H,4,8H2,1-3H3,(H2,13,16)(H,14,15). The number of nitrogens with one attached hydrogen (secondary N) is 1. The molecule has 5 heteroatoms. The second kappa shape index (κ2) is 5.63. The molecule has 1 aromatic rings. The van der Waals surface area contributed by atoms with E-state index in [1.807, 2.05) is 20.8 Å². The number of rotatable bonds is 6. The number of amides is 1. The molecule has 1 aromatic heterocycles. The fourth-order valence-corrected chi connectivity index (χ4v) is 1.43. The zero-order valence-electron chi connectivity index (χ0n) is 10.5. The first kappa shape index (κ1) is 13.4. The summed E-state index contributed by atoms with van der Waals surface area (Å²) in [6.07, 6.45) is 1.55. The number of hydrogen-bond acceptors (Lipinski definition) is 4. The fourth-order valence-electron chi connectivity index (χ4n) is 1.43. The summed E-state index contributed by atoms with van der Waals surface area (Å²) >= 11 is 0. The molecule has 0 aliphatic heterocycles. The van der Waals surface area contributed by atoms with Gasteiger partial charge in [0, 0.05) is 25.0 Å². The minimum absolute atomic E-state index is 0.254. The Morgan fingerprint density at radius 3 is 2.88 bits per heavy atom. The molecule has 0 aliphatic rings. The van der Waals surface area contributed by atoms with Crippen LogP contribution in [0.3, 0.4) is 0 Å². The highest BCUT2D eigenvalue weighted by molar-refractivity contribution is 5.91. The van der Waals surface area contributed by atoms with Gasteiger partial charge in [0.05, 0.1) is 5.60 Å². The third-order valence-corrected chi connectivity index (χ3v) is 2.27. The van der Waals surface area contributed by atoms with E-state index in [9.17, 15) is 4.79 Å². The van der Waals surface area contributed by atoms with Crippen LogP contribution in [-0.2, 0) is 4.74 Å². The smallest absolute Gasteiger partial charge is 0.267 e. The minimum Gasteiger partial charge on any atom is -0.382 e. The fraction of sp³-hybridized carbons (Fsp3) is 0.500. The van der Waals surface area contributed by atoms with Crippen LogP contribution in [0.2, 0.25) is 0 Å². The van der Waals surface area contributed by atoms with E-state index in [1.54, 1.807) is 18.3 Å². The van der Waals surface area contributed by atoms with Gasteiger partial charge in [-0.3, -0.25) is 9.78 Å². The number of nitrogens with two attached hydrogens (primary N) is 1. The molecule has 0 unspecified atom stereocenters. The molecule has 1 rings (SSSR count). The number of pyridine rings is 1. The van der Waals surface area contributed by atoms with Crippen LogP contribution in [0.25, 0.3) is 0 Å². The van der Waals surface area contributed by atoms with Gasteiger partial charge in [0.1, 0.15) is 5.69 Å². The Morgan fingerprint density at radius 2 is 2.29 bits per heavy atom. The Kier molecular flexibility index (Phi) is 4.45. The van der Waals surface area contributed by atoms with E-state index in [0.29, 0.717) is 13.2 Å². The van der Waals surface area contributed by atoms with Gasteiger partial charge >= 0.3 is 0 Å². The summed E-state index contributed by atoms with van der Waals surface area (Å²) < 4.78 is 5.56. The summed E-state index contributed by atoms with van der Waals surface area (Å²) in [5.41, 5.74) is 5.96. The summed E-state index contributed by atoms with van der Waals surface area (Å²) in [5, 5.41) is 3.19. The third kappa shape index (κ3) is 4.40. The molecule has 0 spiro atoms. The number of primary amides is 1. The zero-order valence-corrected chi connectivity index (χ0v) is 10.5. The van der Waals surface area contributed by atoms with Gasteiger partial charge in [-0.1, -0.05) is 0 Å². The normalized spacial score (nSPS) is 11.2. The van der Waals surface area contributed by atoms with Gasteiger partial charge in [-0.2, -0.15) is 0 Å². The quantitative estimate of drug-likeness (QED) is 0.784. The predicted octanol–water partition coefficient (Wildman–Crippen LogP) is 1.41. The monoisotopic (exact) mass is 237 g/mol. The zero-order chi connectivity index (χ0) is 12.9. The topological polar surface area (TPSA) is 77.2 Å². The van der Waals surface area contributed by atoms with E-state index in [1.165, 1.54) is 0 Å². The maximum Gasteiger partial charge on any atom is 0.267 e. The molecular formula is C12H19N3O2. The molecule has 0 atom stereocenters.